The maximum absolute atomic E-state index is 14.1. The summed E-state index contributed by atoms with van der Waals surface area (Å²) >= 11 is 0. The highest BCUT2D eigenvalue weighted by atomic mass is 19.1. The zero-order chi connectivity index (χ0) is 15.0. The van der Waals surface area contributed by atoms with Crippen molar-refractivity contribution < 1.29 is 13.9 Å². The standard InChI is InChI=1S/C16H21FN2O2/c1-10(14-6-5-13(21-2)8-15(14)17)18-11-7-16(20)19(9-11)12-3-4-12/h5-6,8,10-12,18H,3-4,7,9H2,1-2H3/t10-,11-/m0/s1. The molecule has 4 nitrogen and oxygen atoms in total. The van der Waals surface area contributed by atoms with Crippen molar-refractivity contribution >= 4 is 5.91 Å². The Labute approximate surface area is 124 Å². The van der Waals surface area contributed by atoms with Gasteiger partial charge in [0.05, 0.1) is 7.11 Å². The van der Waals surface area contributed by atoms with Crippen molar-refractivity contribution in [3.8, 4) is 5.75 Å². The van der Waals surface area contributed by atoms with Gasteiger partial charge in [-0.1, -0.05) is 6.07 Å². The maximum Gasteiger partial charge on any atom is 0.224 e. The van der Waals surface area contributed by atoms with Crippen molar-refractivity contribution in [2.75, 3.05) is 13.7 Å². The van der Waals surface area contributed by atoms with Crippen LogP contribution in [0, 0.1) is 5.82 Å². The molecule has 5 heteroatoms. The van der Waals surface area contributed by atoms with E-state index < -0.39 is 0 Å². The highest BCUT2D eigenvalue weighted by molar-refractivity contribution is 5.80. The molecule has 1 aromatic rings. The van der Waals surface area contributed by atoms with Gasteiger partial charge < -0.3 is 15.0 Å². The first kappa shape index (κ1) is 14.3. The van der Waals surface area contributed by atoms with E-state index >= 15 is 0 Å². The van der Waals surface area contributed by atoms with E-state index in [1.54, 1.807) is 12.1 Å². The van der Waals surface area contributed by atoms with Crippen molar-refractivity contribution in [1.29, 1.82) is 0 Å². The first-order valence-corrected chi connectivity index (χ1v) is 7.47. The third kappa shape index (κ3) is 3.02. The van der Waals surface area contributed by atoms with Gasteiger partial charge in [-0.2, -0.15) is 0 Å². The minimum atomic E-state index is -0.280. The third-order valence-corrected chi connectivity index (χ3v) is 4.31. The molecular weight excluding hydrogens is 271 g/mol. The highest BCUT2D eigenvalue weighted by Crippen LogP contribution is 2.31. The summed E-state index contributed by atoms with van der Waals surface area (Å²) in [6.45, 7) is 2.67. The Morgan fingerprint density at radius 3 is 2.81 bits per heavy atom. The van der Waals surface area contributed by atoms with E-state index in [0.29, 0.717) is 23.8 Å². The van der Waals surface area contributed by atoms with Gasteiger partial charge in [0.15, 0.2) is 0 Å². The van der Waals surface area contributed by atoms with E-state index in [1.165, 1.54) is 13.2 Å². The Balaban J connectivity index is 1.63. The van der Waals surface area contributed by atoms with Crippen molar-refractivity contribution in [2.24, 2.45) is 0 Å². The maximum atomic E-state index is 14.1. The third-order valence-electron chi connectivity index (χ3n) is 4.31. The topological polar surface area (TPSA) is 41.6 Å². The number of ether oxygens (including phenoxy) is 1. The normalized spacial score (nSPS) is 23.5. The average molecular weight is 292 g/mol. The molecule has 2 fully saturated rings. The lowest BCUT2D eigenvalue weighted by Gasteiger charge is -2.21. The van der Waals surface area contributed by atoms with Gasteiger partial charge in [-0.25, -0.2) is 4.39 Å². The predicted molar refractivity (Wildman–Crippen MR) is 77.6 cm³/mol. The van der Waals surface area contributed by atoms with Gasteiger partial charge in [0.1, 0.15) is 11.6 Å². The van der Waals surface area contributed by atoms with Gasteiger partial charge in [0.2, 0.25) is 5.91 Å². The van der Waals surface area contributed by atoms with Gasteiger partial charge >= 0.3 is 0 Å². The number of amides is 1. The number of benzene rings is 1. The van der Waals surface area contributed by atoms with Crippen molar-refractivity contribution in [2.45, 2.75) is 44.3 Å². The summed E-state index contributed by atoms with van der Waals surface area (Å²) in [4.78, 5) is 13.9. The Kier molecular flexibility index (Phi) is 3.85. The molecule has 1 saturated heterocycles. The molecular formula is C16H21FN2O2. The molecule has 0 unspecified atom stereocenters. The number of nitrogens with zero attached hydrogens (tertiary/aromatic N) is 1. The average Bonchev–Trinajstić information content (AvgIpc) is 3.23. The highest BCUT2D eigenvalue weighted by Gasteiger charge is 2.39. The lowest BCUT2D eigenvalue weighted by Crippen LogP contribution is -2.35. The number of rotatable bonds is 5. The second-order valence-electron chi connectivity index (χ2n) is 5.95. The van der Waals surface area contributed by atoms with Crippen molar-refractivity contribution in [3.63, 3.8) is 0 Å². The van der Waals surface area contributed by atoms with Crippen LogP contribution in [-0.4, -0.2) is 36.5 Å². The summed E-state index contributed by atoms with van der Waals surface area (Å²) in [5.74, 6) is 0.453. The Morgan fingerprint density at radius 1 is 1.43 bits per heavy atom. The van der Waals surface area contributed by atoms with Crippen LogP contribution in [0.25, 0.3) is 0 Å². The lowest BCUT2D eigenvalue weighted by molar-refractivity contribution is -0.128. The summed E-state index contributed by atoms with van der Waals surface area (Å²) in [6, 6.07) is 5.32. The minimum Gasteiger partial charge on any atom is -0.497 e. The predicted octanol–water partition coefficient (Wildman–Crippen LogP) is 2.25. The number of likely N-dealkylation sites (tertiary alicyclic amines) is 1. The quantitative estimate of drug-likeness (QED) is 0.905. The van der Waals surface area contributed by atoms with Gasteiger partial charge in [-0.15, -0.1) is 0 Å². The summed E-state index contributed by atoms with van der Waals surface area (Å²) in [5.41, 5.74) is 0.605. The molecule has 1 aliphatic heterocycles. The fraction of sp³-hybridized carbons (Fsp3) is 0.562. The summed E-state index contributed by atoms with van der Waals surface area (Å²) in [6.07, 6.45) is 2.76. The number of hydrogen-bond acceptors (Lipinski definition) is 3. The number of carbonyl (C=O) groups excluding carboxylic acids is 1. The molecule has 114 valence electrons. The van der Waals surface area contributed by atoms with Gasteiger partial charge in [-0.05, 0) is 25.8 Å². The van der Waals surface area contributed by atoms with Crippen LogP contribution in [0.15, 0.2) is 18.2 Å². The number of nitrogens with one attached hydrogen (secondary N) is 1. The molecule has 1 amide bonds. The van der Waals surface area contributed by atoms with Crippen molar-refractivity contribution in [3.05, 3.63) is 29.6 Å². The Morgan fingerprint density at radius 2 is 2.19 bits per heavy atom. The SMILES string of the molecule is COc1ccc([C@H](C)N[C@H]2CC(=O)N(C3CC3)C2)c(F)c1. The van der Waals surface area contributed by atoms with E-state index in [0.717, 1.165) is 19.4 Å². The van der Waals surface area contributed by atoms with Gasteiger partial charge in [0.25, 0.3) is 0 Å². The summed E-state index contributed by atoms with van der Waals surface area (Å²) < 4.78 is 19.1. The molecule has 0 spiro atoms. The number of halogens is 1. The molecule has 0 radical (unpaired) electrons. The fourth-order valence-electron chi connectivity index (χ4n) is 3.01. The van der Waals surface area contributed by atoms with Crippen molar-refractivity contribution in [1.82, 2.24) is 10.2 Å². The van der Waals surface area contributed by atoms with E-state index in [2.05, 4.69) is 5.32 Å². The first-order chi connectivity index (χ1) is 10.1. The lowest BCUT2D eigenvalue weighted by atomic mass is 10.1. The molecule has 3 rings (SSSR count). The summed E-state index contributed by atoms with van der Waals surface area (Å²) in [7, 11) is 1.52. The Hall–Kier alpha value is -1.62. The molecule has 0 bridgehead atoms. The molecule has 1 heterocycles. The molecule has 0 aromatic heterocycles. The molecule has 1 saturated carbocycles. The van der Waals surface area contributed by atoms with Crippen LogP contribution >= 0.6 is 0 Å². The van der Waals surface area contributed by atoms with Crippen LogP contribution in [0.4, 0.5) is 4.39 Å². The molecule has 2 aliphatic rings. The minimum absolute atomic E-state index is 0.106. The molecule has 1 aliphatic carbocycles. The van der Waals surface area contributed by atoms with E-state index in [1.807, 2.05) is 11.8 Å². The first-order valence-electron chi connectivity index (χ1n) is 7.47. The molecule has 2 atom stereocenters. The fourth-order valence-corrected chi connectivity index (χ4v) is 3.01. The second kappa shape index (κ2) is 5.64. The van der Waals surface area contributed by atoms with E-state index in [4.69, 9.17) is 4.74 Å². The number of hydrogen-bond donors (Lipinski definition) is 1. The smallest absolute Gasteiger partial charge is 0.224 e. The molecule has 1 N–H and O–H groups in total. The molecule has 21 heavy (non-hydrogen) atoms. The van der Waals surface area contributed by atoms with Crippen LogP contribution in [0.1, 0.15) is 37.8 Å². The molecule has 1 aromatic carbocycles. The van der Waals surface area contributed by atoms with Gasteiger partial charge in [-0.3, -0.25) is 4.79 Å². The van der Waals surface area contributed by atoms with Crippen LogP contribution in [-0.2, 0) is 4.79 Å². The largest absolute Gasteiger partial charge is 0.497 e. The van der Waals surface area contributed by atoms with Crippen LogP contribution in [0.2, 0.25) is 0 Å². The summed E-state index contributed by atoms with van der Waals surface area (Å²) in [5, 5.41) is 3.37. The van der Waals surface area contributed by atoms with E-state index in [-0.39, 0.29) is 23.8 Å². The Bertz CT molecular complexity index is 545. The van der Waals surface area contributed by atoms with Crippen LogP contribution < -0.4 is 10.1 Å². The zero-order valence-corrected chi connectivity index (χ0v) is 12.4. The second-order valence-corrected chi connectivity index (χ2v) is 5.95. The van der Waals surface area contributed by atoms with Crippen LogP contribution in [0.3, 0.4) is 0 Å². The monoisotopic (exact) mass is 292 g/mol. The number of methoxy groups -OCH3 is 1. The van der Waals surface area contributed by atoms with Crippen LogP contribution in [0.5, 0.6) is 5.75 Å². The van der Waals surface area contributed by atoms with Gasteiger partial charge in [0, 0.05) is 42.7 Å². The van der Waals surface area contributed by atoms with E-state index in [9.17, 15) is 9.18 Å². The number of carbonyl (C=O) groups is 1. The zero-order valence-electron chi connectivity index (χ0n) is 12.4.